The van der Waals surface area contributed by atoms with Crippen molar-refractivity contribution in [3.63, 3.8) is 0 Å². The summed E-state index contributed by atoms with van der Waals surface area (Å²) in [6.45, 7) is 0.994. The molecule has 0 saturated heterocycles. The zero-order chi connectivity index (χ0) is 11.7. The van der Waals surface area contributed by atoms with Crippen molar-refractivity contribution in [1.29, 1.82) is 0 Å². The average molecular weight is 230 g/mol. The Morgan fingerprint density at radius 2 is 2.18 bits per heavy atom. The Balaban J connectivity index is 1.93. The molecule has 17 heavy (non-hydrogen) atoms. The van der Waals surface area contributed by atoms with E-state index in [1.807, 2.05) is 16.8 Å². The second kappa shape index (κ2) is 4.25. The van der Waals surface area contributed by atoms with Gasteiger partial charge in [-0.2, -0.15) is 5.10 Å². The minimum Gasteiger partial charge on any atom is -0.396 e. The molecule has 2 aromatic rings. The lowest BCUT2D eigenvalue weighted by atomic mass is 10.0. The van der Waals surface area contributed by atoms with Crippen molar-refractivity contribution in [2.75, 3.05) is 6.61 Å². The van der Waals surface area contributed by atoms with E-state index < -0.39 is 0 Å². The standard InChI is InChI=1S/C12H14N4O/c17-8-9-1-2-11-14-12(15-16(11)7-9)10-3-5-13-6-4-10/h3-6,9,17H,1-2,7-8H2. The van der Waals surface area contributed by atoms with Crippen LogP contribution in [0.5, 0.6) is 0 Å². The summed E-state index contributed by atoms with van der Waals surface area (Å²) in [5.74, 6) is 2.08. The van der Waals surface area contributed by atoms with Gasteiger partial charge in [0, 0.05) is 43.4 Å². The van der Waals surface area contributed by atoms with Crippen molar-refractivity contribution in [2.45, 2.75) is 19.4 Å². The molecule has 0 saturated carbocycles. The van der Waals surface area contributed by atoms with E-state index in [4.69, 9.17) is 0 Å². The van der Waals surface area contributed by atoms with Crippen molar-refractivity contribution in [1.82, 2.24) is 19.7 Å². The van der Waals surface area contributed by atoms with Gasteiger partial charge in [0.15, 0.2) is 5.82 Å². The van der Waals surface area contributed by atoms with Crippen LogP contribution in [-0.4, -0.2) is 31.5 Å². The summed E-state index contributed by atoms with van der Waals surface area (Å²) in [6, 6.07) is 3.82. The topological polar surface area (TPSA) is 63.8 Å². The maximum Gasteiger partial charge on any atom is 0.181 e. The van der Waals surface area contributed by atoms with E-state index in [1.54, 1.807) is 12.4 Å². The third kappa shape index (κ3) is 1.93. The summed E-state index contributed by atoms with van der Waals surface area (Å²) in [5.41, 5.74) is 0.988. The van der Waals surface area contributed by atoms with E-state index in [2.05, 4.69) is 15.1 Å². The lowest BCUT2D eigenvalue weighted by Crippen LogP contribution is -2.23. The van der Waals surface area contributed by atoms with Crippen molar-refractivity contribution in [2.24, 2.45) is 5.92 Å². The summed E-state index contributed by atoms with van der Waals surface area (Å²) in [5, 5.41) is 13.7. The van der Waals surface area contributed by atoms with Crippen molar-refractivity contribution >= 4 is 0 Å². The fraction of sp³-hybridized carbons (Fsp3) is 0.417. The largest absolute Gasteiger partial charge is 0.396 e. The summed E-state index contributed by atoms with van der Waals surface area (Å²) in [4.78, 5) is 8.51. The van der Waals surface area contributed by atoms with Gasteiger partial charge in [-0.15, -0.1) is 0 Å². The quantitative estimate of drug-likeness (QED) is 0.832. The van der Waals surface area contributed by atoms with Gasteiger partial charge in [0.1, 0.15) is 5.82 Å². The number of hydrogen-bond donors (Lipinski definition) is 1. The van der Waals surface area contributed by atoms with Crippen LogP contribution < -0.4 is 0 Å². The number of hydrogen-bond acceptors (Lipinski definition) is 4. The highest BCUT2D eigenvalue weighted by Crippen LogP contribution is 2.21. The number of aliphatic hydroxyl groups excluding tert-OH is 1. The predicted octanol–water partition coefficient (Wildman–Crippen LogP) is 0.895. The SMILES string of the molecule is OCC1CCc2nc(-c3ccncc3)nn2C1. The lowest BCUT2D eigenvalue weighted by molar-refractivity contribution is 0.185. The highest BCUT2D eigenvalue weighted by Gasteiger charge is 2.21. The fourth-order valence-corrected chi connectivity index (χ4v) is 2.15. The number of pyridine rings is 1. The molecule has 0 radical (unpaired) electrons. The molecular weight excluding hydrogens is 216 g/mol. The normalized spacial score (nSPS) is 19.0. The second-order valence-electron chi connectivity index (χ2n) is 4.36. The number of fused-ring (bicyclic) bond motifs is 1. The van der Waals surface area contributed by atoms with Crippen LogP contribution in [0.1, 0.15) is 12.2 Å². The Morgan fingerprint density at radius 3 is 2.94 bits per heavy atom. The molecule has 2 aromatic heterocycles. The molecule has 88 valence electrons. The monoisotopic (exact) mass is 230 g/mol. The van der Waals surface area contributed by atoms with Crippen LogP contribution in [0.25, 0.3) is 11.4 Å². The molecule has 5 heteroatoms. The van der Waals surface area contributed by atoms with Gasteiger partial charge >= 0.3 is 0 Å². The van der Waals surface area contributed by atoms with Crippen molar-refractivity contribution in [3.05, 3.63) is 30.4 Å². The van der Waals surface area contributed by atoms with Gasteiger partial charge in [0.25, 0.3) is 0 Å². The van der Waals surface area contributed by atoms with E-state index >= 15 is 0 Å². The number of aryl methyl sites for hydroxylation is 1. The fourth-order valence-electron chi connectivity index (χ4n) is 2.15. The number of aromatic nitrogens is 4. The summed E-state index contributed by atoms with van der Waals surface area (Å²) in [7, 11) is 0. The van der Waals surface area contributed by atoms with Crippen LogP contribution in [-0.2, 0) is 13.0 Å². The zero-order valence-electron chi connectivity index (χ0n) is 9.45. The van der Waals surface area contributed by atoms with Crippen molar-refractivity contribution in [3.8, 4) is 11.4 Å². The van der Waals surface area contributed by atoms with Crippen LogP contribution in [0.3, 0.4) is 0 Å². The van der Waals surface area contributed by atoms with E-state index in [0.717, 1.165) is 36.6 Å². The van der Waals surface area contributed by atoms with Gasteiger partial charge in [0.2, 0.25) is 0 Å². The first-order valence-corrected chi connectivity index (χ1v) is 5.82. The minimum atomic E-state index is 0.226. The first-order chi connectivity index (χ1) is 8.36. The third-order valence-electron chi connectivity index (χ3n) is 3.15. The smallest absolute Gasteiger partial charge is 0.181 e. The number of rotatable bonds is 2. The van der Waals surface area contributed by atoms with E-state index in [9.17, 15) is 5.11 Å². The Hall–Kier alpha value is -1.75. The Labute approximate surface area is 99.1 Å². The third-order valence-corrected chi connectivity index (χ3v) is 3.15. The van der Waals surface area contributed by atoms with Crippen LogP contribution in [0, 0.1) is 5.92 Å². The molecule has 3 heterocycles. The molecule has 1 aliphatic heterocycles. The molecule has 1 atom stereocenters. The first-order valence-electron chi connectivity index (χ1n) is 5.82. The Morgan fingerprint density at radius 1 is 1.35 bits per heavy atom. The lowest BCUT2D eigenvalue weighted by Gasteiger charge is -2.19. The van der Waals surface area contributed by atoms with Crippen LogP contribution in [0.15, 0.2) is 24.5 Å². The average Bonchev–Trinajstić information content (AvgIpc) is 2.82. The highest BCUT2D eigenvalue weighted by atomic mass is 16.3. The van der Waals surface area contributed by atoms with Crippen LogP contribution >= 0.6 is 0 Å². The molecule has 0 bridgehead atoms. The predicted molar refractivity (Wildman–Crippen MR) is 62.1 cm³/mol. The molecule has 0 fully saturated rings. The minimum absolute atomic E-state index is 0.226. The summed E-state index contributed by atoms with van der Waals surface area (Å²) < 4.78 is 1.92. The van der Waals surface area contributed by atoms with E-state index in [-0.39, 0.29) is 6.61 Å². The van der Waals surface area contributed by atoms with Crippen LogP contribution in [0.4, 0.5) is 0 Å². The molecule has 1 unspecified atom stereocenters. The van der Waals surface area contributed by atoms with Gasteiger partial charge in [-0.1, -0.05) is 0 Å². The maximum absolute atomic E-state index is 9.17. The Bertz CT molecular complexity index is 508. The summed E-state index contributed by atoms with van der Waals surface area (Å²) >= 11 is 0. The van der Waals surface area contributed by atoms with Gasteiger partial charge < -0.3 is 5.11 Å². The first kappa shape index (κ1) is 10.4. The molecule has 0 spiro atoms. The van der Waals surface area contributed by atoms with Crippen molar-refractivity contribution < 1.29 is 5.11 Å². The van der Waals surface area contributed by atoms with Gasteiger partial charge in [-0.05, 0) is 18.6 Å². The number of nitrogens with zero attached hydrogens (tertiary/aromatic N) is 4. The summed E-state index contributed by atoms with van der Waals surface area (Å²) in [6.07, 6.45) is 5.37. The van der Waals surface area contributed by atoms with Gasteiger partial charge in [-0.3, -0.25) is 4.98 Å². The maximum atomic E-state index is 9.17. The molecule has 1 aliphatic rings. The Kier molecular flexibility index (Phi) is 2.60. The van der Waals surface area contributed by atoms with E-state index in [0.29, 0.717) is 5.92 Å². The molecular formula is C12H14N4O. The molecule has 0 amide bonds. The highest BCUT2D eigenvalue weighted by molar-refractivity contribution is 5.53. The second-order valence-corrected chi connectivity index (χ2v) is 4.36. The molecule has 5 nitrogen and oxygen atoms in total. The molecule has 1 N–H and O–H groups in total. The van der Waals surface area contributed by atoms with E-state index in [1.165, 1.54) is 0 Å². The molecule has 0 aromatic carbocycles. The van der Waals surface area contributed by atoms with Gasteiger partial charge in [0.05, 0.1) is 0 Å². The van der Waals surface area contributed by atoms with Crippen LogP contribution in [0.2, 0.25) is 0 Å². The molecule has 0 aliphatic carbocycles. The number of aliphatic hydroxyl groups is 1. The molecule has 3 rings (SSSR count). The zero-order valence-corrected chi connectivity index (χ0v) is 9.45. The van der Waals surface area contributed by atoms with Gasteiger partial charge in [-0.25, -0.2) is 9.67 Å².